The Hall–Kier alpha value is -2.86. The number of benzene rings is 2. The average Bonchev–Trinajstić information content (AvgIpc) is 2.60. The highest BCUT2D eigenvalue weighted by molar-refractivity contribution is 6.36. The summed E-state index contributed by atoms with van der Waals surface area (Å²) in [6.45, 7) is 0. The number of nitrogen functional groups attached to an aromatic ring is 1. The first-order chi connectivity index (χ1) is 11.9. The first-order valence-corrected chi connectivity index (χ1v) is 7.65. The van der Waals surface area contributed by atoms with Crippen molar-refractivity contribution >= 4 is 29.0 Å². The van der Waals surface area contributed by atoms with E-state index in [9.17, 15) is 19.1 Å². The molecule has 0 aromatic heterocycles. The summed E-state index contributed by atoms with van der Waals surface area (Å²) < 4.78 is 19.7. The smallest absolute Gasteiger partial charge is 0.339 e. The van der Waals surface area contributed by atoms with Crippen LogP contribution < -0.4 is 10.5 Å². The van der Waals surface area contributed by atoms with Crippen LogP contribution in [0.15, 0.2) is 42.0 Å². The number of ketones is 1. The number of allylic oxidation sites excluding steroid dienone is 1. The van der Waals surface area contributed by atoms with Crippen LogP contribution in [0.2, 0.25) is 5.02 Å². The van der Waals surface area contributed by atoms with E-state index in [1.165, 1.54) is 13.2 Å². The molecule has 1 aliphatic carbocycles. The van der Waals surface area contributed by atoms with Crippen LogP contribution in [-0.4, -0.2) is 24.0 Å². The second-order valence-electron chi connectivity index (χ2n) is 5.47. The largest absolute Gasteiger partial charge is 0.493 e. The van der Waals surface area contributed by atoms with E-state index in [-0.39, 0.29) is 22.6 Å². The topological polar surface area (TPSA) is 89.6 Å². The van der Waals surface area contributed by atoms with Gasteiger partial charge >= 0.3 is 5.97 Å². The number of ether oxygens (including phenoxy) is 1. The van der Waals surface area contributed by atoms with Gasteiger partial charge in [-0.1, -0.05) is 48.0 Å². The molecule has 1 unspecified atom stereocenters. The number of carbonyl (C=O) groups excluding carboxylic acids is 1. The minimum Gasteiger partial charge on any atom is -0.493 e. The van der Waals surface area contributed by atoms with Gasteiger partial charge in [0.1, 0.15) is 10.6 Å². The van der Waals surface area contributed by atoms with Gasteiger partial charge in [-0.25, -0.2) is 9.18 Å². The maximum atomic E-state index is 14.5. The Morgan fingerprint density at radius 2 is 1.96 bits per heavy atom. The highest BCUT2D eigenvalue weighted by Crippen LogP contribution is 2.47. The van der Waals surface area contributed by atoms with Crippen LogP contribution in [0.3, 0.4) is 0 Å². The van der Waals surface area contributed by atoms with Gasteiger partial charge in [0.25, 0.3) is 0 Å². The van der Waals surface area contributed by atoms with Crippen molar-refractivity contribution in [1.29, 1.82) is 0 Å². The number of fused-ring (bicyclic) bond motifs is 1. The lowest BCUT2D eigenvalue weighted by molar-refractivity contribution is -0.132. The first-order valence-electron chi connectivity index (χ1n) is 7.27. The van der Waals surface area contributed by atoms with E-state index in [4.69, 9.17) is 22.1 Å². The highest BCUT2D eigenvalue weighted by atomic mass is 35.5. The maximum absolute atomic E-state index is 14.5. The van der Waals surface area contributed by atoms with E-state index >= 15 is 0 Å². The van der Waals surface area contributed by atoms with Crippen molar-refractivity contribution in [3.05, 3.63) is 69.5 Å². The second kappa shape index (κ2) is 6.22. The summed E-state index contributed by atoms with van der Waals surface area (Å²) >= 11 is 5.89. The average molecular weight is 362 g/mol. The second-order valence-corrected chi connectivity index (χ2v) is 5.84. The van der Waals surface area contributed by atoms with Crippen molar-refractivity contribution in [2.75, 3.05) is 12.8 Å². The Morgan fingerprint density at radius 1 is 1.32 bits per heavy atom. The van der Waals surface area contributed by atoms with Gasteiger partial charge in [0.2, 0.25) is 5.78 Å². The van der Waals surface area contributed by atoms with Crippen LogP contribution in [0.4, 0.5) is 10.1 Å². The van der Waals surface area contributed by atoms with Gasteiger partial charge in [0.15, 0.2) is 11.6 Å². The van der Waals surface area contributed by atoms with Crippen molar-refractivity contribution in [2.24, 2.45) is 0 Å². The van der Waals surface area contributed by atoms with Crippen LogP contribution in [0.25, 0.3) is 0 Å². The molecule has 2 aromatic rings. The minimum atomic E-state index is -1.39. The lowest BCUT2D eigenvalue weighted by Crippen LogP contribution is -2.24. The lowest BCUT2D eigenvalue weighted by Gasteiger charge is -2.27. The Morgan fingerprint density at radius 3 is 2.52 bits per heavy atom. The molecular formula is C18H13ClFNO4. The number of methoxy groups -OCH3 is 1. The molecule has 25 heavy (non-hydrogen) atoms. The highest BCUT2D eigenvalue weighted by Gasteiger charge is 2.38. The number of halogens is 2. The zero-order valence-electron chi connectivity index (χ0n) is 13.0. The van der Waals surface area contributed by atoms with Crippen molar-refractivity contribution < 1.29 is 23.8 Å². The number of carboxylic acid groups (broad SMARTS) is 1. The van der Waals surface area contributed by atoms with Crippen molar-refractivity contribution in [2.45, 2.75) is 5.92 Å². The Kier molecular flexibility index (Phi) is 4.22. The molecule has 0 heterocycles. The number of aliphatic carboxylic acids is 1. The third-order valence-electron chi connectivity index (χ3n) is 4.12. The summed E-state index contributed by atoms with van der Waals surface area (Å²) in [5.41, 5.74) is 5.80. The van der Waals surface area contributed by atoms with Crippen LogP contribution in [0.1, 0.15) is 27.4 Å². The molecule has 3 rings (SSSR count). The molecule has 0 spiro atoms. The number of Topliss-reactive ketones (excluding diaryl/α,β-unsaturated/α-hetero) is 1. The summed E-state index contributed by atoms with van der Waals surface area (Å²) in [6, 6.07) is 8.77. The van der Waals surface area contributed by atoms with Crippen LogP contribution in [-0.2, 0) is 4.79 Å². The number of carboxylic acids is 1. The fourth-order valence-corrected chi connectivity index (χ4v) is 3.18. The molecule has 1 aliphatic rings. The van der Waals surface area contributed by atoms with Crippen molar-refractivity contribution in [3.63, 3.8) is 0 Å². The standard InChI is InChI=1S/C18H13ClFNO4/c1-25-17-11-9(8-5-3-2-4-6-8)7-10(18(23)24)16(22)12(11)15(21)13(19)14(17)20/h2-7,9H,21H2,1H3,(H,23,24). The van der Waals surface area contributed by atoms with Gasteiger partial charge in [-0.3, -0.25) is 4.79 Å². The molecule has 0 aliphatic heterocycles. The number of rotatable bonds is 3. The Balaban J connectivity index is 2.42. The fourth-order valence-electron chi connectivity index (χ4n) is 3.00. The Labute approximate surface area is 147 Å². The SMILES string of the molecule is COc1c(F)c(Cl)c(N)c2c1C(c1ccccc1)C=C(C(=O)O)C2=O. The van der Waals surface area contributed by atoms with Gasteiger partial charge in [-0.05, 0) is 5.56 Å². The molecule has 2 aromatic carbocycles. The Bertz CT molecular complexity index is 925. The molecule has 0 bridgehead atoms. The van der Waals surface area contributed by atoms with Crippen LogP contribution in [0.5, 0.6) is 5.75 Å². The van der Waals surface area contributed by atoms with E-state index in [0.29, 0.717) is 5.56 Å². The predicted octanol–water partition coefficient (Wildman–Crippen LogP) is 3.41. The molecule has 0 amide bonds. The number of hydrogen-bond donors (Lipinski definition) is 2. The molecule has 0 fully saturated rings. The number of hydrogen-bond acceptors (Lipinski definition) is 4. The zero-order valence-corrected chi connectivity index (χ0v) is 13.8. The molecule has 5 nitrogen and oxygen atoms in total. The number of anilines is 1. The summed E-state index contributed by atoms with van der Waals surface area (Å²) in [5, 5.41) is 8.90. The predicted molar refractivity (Wildman–Crippen MR) is 90.7 cm³/mol. The van der Waals surface area contributed by atoms with Gasteiger partial charge < -0.3 is 15.6 Å². The van der Waals surface area contributed by atoms with Gasteiger partial charge in [0, 0.05) is 11.5 Å². The van der Waals surface area contributed by atoms with Gasteiger partial charge in [-0.15, -0.1) is 0 Å². The third-order valence-corrected chi connectivity index (χ3v) is 4.49. The normalized spacial score (nSPS) is 16.2. The fraction of sp³-hybridized carbons (Fsp3) is 0.111. The van der Waals surface area contributed by atoms with E-state index < -0.39 is 34.1 Å². The summed E-state index contributed by atoms with van der Waals surface area (Å²) in [6.07, 6.45) is 1.28. The van der Waals surface area contributed by atoms with E-state index in [0.717, 1.165) is 0 Å². The summed E-state index contributed by atoms with van der Waals surface area (Å²) in [5.74, 6) is -4.05. The summed E-state index contributed by atoms with van der Waals surface area (Å²) in [4.78, 5) is 24.1. The lowest BCUT2D eigenvalue weighted by atomic mass is 9.78. The zero-order chi connectivity index (χ0) is 18.3. The van der Waals surface area contributed by atoms with E-state index in [1.54, 1.807) is 30.3 Å². The van der Waals surface area contributed by atoms with E-state index in [2.05, 4.69) is 0 Å². The molecule has 7 heteroatoms. The molecule has 0 saturated carbocycles. The third kappa shape index (κ3) is 2.55. The quantitative estimate of drug-likeness (QED) is 0.646. The van der Waals surface area contributed by atoms with E-state index in [1.807, 2.05) is 0 Å². The summed E-state index contributed by atoms with van der Waals surface area (Å²) in [7, 11) is 1.24. The number of carbonyl (C=O) groups is 2. The maximum Gasteiger partial charge on any atom is 0.339 e. The molecule has 128 valence electrons. The first kappa shape index (κ1) is 17.0. The molecule has 0 radical (unpaired) electrons. The van der Waals surface area contributed by atoms with Crippen molar-refractivity contribution in [3.8, 4) is 5.75 Å². The van der Waals surface area contributed by atoms with Crippen LogP contribution >= 0.6 is 11.6 Å². The minimum absolute atomic E-state index is 0.142. The molecule has 3 N–H and O–H groups in total. The monoisotopic (exact) mass is 361 g/mol. The number of nitrogens with two attached hydrogens (primary N) is 1. The van der Waals surface area contributed by atoms with Gasteiger partial charge in [-0.2, -0.15) is 0 Å². The molecular weight excluding hydrogens is 349 g/mol. The van der Waals surface area contributed by atoms with Crippen LogP contribution in [0, 0.1) is 5.82 Å². The van der Waals surface area contributed by atoms with Gasteiger partial charge in [0.05, 0.1) is 18.4 Å². The molecule has 1 atom stereocenters. The molecule has 0 saturated heterocycles. The van der Waals surface area contributed by atoms with Crippen molar-refractivity contribution in [1.82, 2.24) is 0 Å².